The quantitative estimate of drug-likeness (QED) is 0.241. The van der Waals surface area contributed by atoms with Gasteiger partial charge in [0.2, 0.25) is 0 Å². The summed E-state index contributed by atoms with van der Waals surface area (Å²) in [6.07, 6.45) is 0. The maximum Gasteiger partial charge on any atom is 0.146 e. The molecule has 0 aliphatic heterocycles. The van der Waals surface area contributed by atoms with Gasteiger partial charge >= 0.3 is 0 Å². The minimum atomic E-state index is 1.01. The molecule has 0 amide bonds. The van der Waals surface area contributed by atoms with Gasteiger partial charge in [-0.3, -0.25) is 4.40 Å². The molecule has 0 bridgehead atoms. The van der Waals surface area contributed by atoms with Crippen LogP contribution in [0.15, 0.2) is 115 Å². The molecule has 3 aromatic heterocycles. The molecule has 0 aliphatic carbocycles. The summed E-state index contributed by atoms with van der Waals surface area (Å²) in [5.74, 6) is 0. The van der Waals surface area contributed by atoms with Gasteiger partial charge in [-0.25, -0.2) is 4.98 Å². The van der Waals surface area contributed by atoms with Crippen LogP contribution in [0, 0.1) is 0 Å². The average Bonchev–Trinajstić information content (AvgIpc) is 3.44. The summed E-state index contributed by atoms with van der Waals surface area (Å²) in [5, 5.41) is 6.19. The average molecular weight is 434 g/mol. The van der Waals surface area contributed by atoms with Crippen LogP contribution in [0.4, 0.5) is 0 Å². The fraction of sp³-hybridized carbons (Fsp3) is 0. The zero-order valence-electron chi connectivity index (χ0n) is 18.3. The Labute approximate surface area is 195 Å². The molecule has 3 nitrogen and oxygen atoms in total. The second-order valence-corrected chi connectivity index (χ2v) is 8.88. The van der Waals surface area contributed by atoms with E-state index < -0.39 is 0 Å². The van der Waals surface area contributed by atoms with Crippen LogP contribution in [0.3, 0.4) is 0 Å². The van der Waals surface area contributed by atoms with E-state index in [1.165, 1.54) is 49.2 Å². The van der Waals surface area contributed by atoms with Crippen molar-refractivity contribution in [2.24, 2.45) is 0 Å². The largest absolute Gasteiger partial charge is 0.309 e. The highest BCUT2D eigenvalue weighted by Crippen LogP contribution is 2.38. The molecule has 34 heavy (non-hydrogen) atoms. The van der Waals surface area contributed by atoms with Gasteiger partial charge in [0.1, 0.15) is 5.65 Å². The summed E-state index contributed by atoms with van der Waals surface area (Å²) in [6, 6.07) is 41.1. The van der Waals surface area contributed by atoms with Gasteiger partial charge in [-0.05, 0) is 47.9 Å². The van der Waals surface area contributed by atoms with Crippen molar-refractivity contribution in [1.82, 2.24) is 14.0 Å². The lowest BCUT2D eigenvalue weighted by Gasteiger charge is -2.11. The van der Waals surface area contributed by atoms with Crippen molar-refractivity contribution in [1.29, 1.82) is 0 Å². The van der Waals surface area contributed by atoms with E-state index in [-0.39, 0.29) is 0 Å². The van der Waals surface area contributed by atoms with E-state index in [4.69, 9.17) is 4.98 Å². The van der Waals surface area contributed by atoms with Crippen molar-refractivity contribution in [3.8, 4) is 5.69 Å². The molecule has 0 spiro atoms. The fourth-order valence-corrected chi connectivity index (χ4v) is 5.62. The number of nitrogens with zero attached hydrogens (tertiary/aromatic N) is 3. The molecule has 8 rings (SSSR count). The zero-order valence-corrected chi connectivity index (χ0v) is 18.3. The molecular weight excluding hydrogens is 414 g/mol. The van der Waals surface area contributed by atoms with Crippen molar-refractivity contribution in [2.45, 2.75) is 0 Å². The third-order valence-corrected chi connectivity index (χ3v) is 7.06. The number of benzene rings is 5. The molecule has 158 valence electrons. The molecule has 0 radical (unpaired) electrons. The Morgan fingerprint density at radius 3 is 1.94 bits per heavy atom. The number of aromatic nitrogens is 3. The lowest BCUT2D eigenvalue weighted by molar-refractivity contribution is 1.18. The predicted molar refractivity (Wildman–Crippen MR) is 142 cm³/mol. The van der Waals surface area contributed by atoms with Crippen molar-refractivity contribution in [3.05, 3.63) is 115 Å². The Hall–Kier alpha value is -4.63. The second-order valence-electron chi connectivity index (χ2n) is 8.88. The molecule has 0 N–H and O–H groups in total. The first kappa shape index (κ1) is 17.9. The first-order chi connectivity index (χ1) is 16.9. The zero-order chi connectivity index (χ0) is 22.2. The molecule has 5 aromatic carbocycles. The summed E-state index contributed by atoms with van der Waals surface area (Å²) in [5.41, 5.74) is 7.92. The van der Waals surface area contributed by atoms with Crippen LogP contribution in [-0.2, 0) is 0 Å². The Bertz CT molecular complexity index is 2060. The minimum Gasteiger partial charge on any atom is -0.309 e. The van der Waals surface area contributed by atoms with Crippen LogP contribution in [0.25, 0.3) is 65.8 Å². The summed E-state index contributed by atoms with van der Waals surface area (Å²) in [6.45, 7) is 0. The smallest absolute Gasteiger partial charge is 0.146 e. The van der Waals surface area contributed by atoms with E-state index >= 15 is 0 Å². The number of pyridine rings is 1. The Kier molecular flexibility index (Phi) is 3.39. The number of fused-ring (bicyclic) bond motifs is 11. The second kappa shape index (κ2) is 6.46. The summed E-state index contributed by atoms with van der Waals surface area (Å²) in [4.78, 5) is 5.05. The minimum absolute atomic E-state index is 1.01. The monoisotopic (exact) mass is 433 g/mol. The molecular formula is C31H19N3. The fourth-order valence-electron chi connectivity index (χ4n) is 5.62. The van der Waals surface area contributed by atoms with E-state index in [1.54, 1.807) is 0 Å². The maximum absolute atomic E-state index is 5.05. The molecule has 0 saturated carbocycles. The Morgan fingerprint density at radius 1 is 0.441 bits per heavy atom. The third kappa shape index (κ3) is 2.23. The molecule has 0 fully saturated rings. The first-order valence-electron chi connectivity index (χ1n) is 11.6. The van der Waals surface area contributed by atoms with Gasteiger partial charge < -0.3 is 4.57 Å². The molecule has 0 aliphatic rings. The van der Waals surface area contributed by atoms with Gasteiger partial charge in [0.15, 0.2) is 0 Å². The van der Waals surface area contributed by atoms with Crippen LogP contribution in [0.1, 0.15) is 0 Å². The van der Waals surface area contributed by atoms with E-state index in [9.17, 15) is 0 Å². The number of hydrogen-bond acceptors (Lipinski definition) is 1. The van der Waals surface area contributed by atoms with Crippen LogP contribution < -0.4 is 0 Å². The molecule has 0 unspecified atom stereocenters. The molecule has 0 saturated heterocycles. The first-order valence-corrected chi connectivity index (χ1v) is 11.6. The normalized spacial score (nSPS) is 12.1. The van der Waals surface area contributed by atoms with Crippen LogP contribution >= 0.6 is 0 Å². The van der Waals surface area contributed by atoms with Gasteiger partial charge in [0.25, 0.3) is 0 Å². The SMILES string of the molecule is c1ccc(-n2c3ccccc3c3cc4c5ccccc5c5nc6ccccc6n5c4cc32)cc1. The van der Waals surface area contributed by atoms with Crippen LogP contribution in [-0.4, -0.2) is 14.0 Å². The lowest BCUT2D eigenvalue weighted by atomic mass is 10.0. The number of para-hydroxylation sites is 4. The predicted octanol–water partition coefficient (Wildman–Crippen LogP) is 7.89. The number of hydrogen-bond donors (Lipinski definition) is 0. The van der Waals surface area contributed by atoms with Gasteiger partial charge in [0, 0.05) is 27.2 Å². The van der Waals surface area contributed by atoms with Crippen molar-refractivity contribution < 1.29 is 0 Å². The highest BCUT2D eigenvalue weighted by Gasteiger charge is 2.18. The Morgan fingerprint density at radius 2 is 1.09 bits per heavy atom. The van der Waals surface area contributed by atoms with Crippen LogP contribution in [0.2, 0.25) is 0 Å². The molecule has 3 heteroatoms. The summed E-state index contributed by atoms with van der Waals surface area (Å²) < 4.78 is 4.71. The highest BCUT2D eigenvalue weighted by atomic mass is 15.0. The van der Waals surface area contributed by atoms with Crippen LogP contribution in [0.5, 0.6) is 0 Å². The molecule has 8 aromatic rings. The van der Waals surface area contributed by atoms with Gasteiger partial charge in [-0.15, -0.1) is 0 Å². The van der Waals surface area contributed by atoms with Gasteiger partial charge in [-0.2, -0.15) is 0 Å². The standard InChI is InChI=1S/C31H19N3/c1-2-10-20(11-3-1)33-27-16-8-6-13-22(27)25-18-24-21-12-4-5-14-23(21)31-32-26-15-7-9-17-28(26)34(31)30(24)19-29(25)33/h1-19H. The Balaban J connectivity index is 1.69. The summed E-state index contributed by atoms with van der Waals surface area (Å²) in [7, 11) is 0. The van der Waals surface area contributed by atoms with E-state index in [1.807, 2.05) is 0 Å². The van der Waals surface area contributed by atoms with Crippen molar-refractivity contribution in [3.63, 3.8) is 0 Å². The number of imidazole rings is 1. The van der Waals surface area contributed by atoms with Gasteiger partial charge in [0.05, 0.1) is 27.6 Å². The van der Waals surface area contributed by atoms with E-state index in [2.05, 4.69) is 124 Å². The van der Waals surface area contributed by atoms with Crippen molar-refractivity contribution in [2.75, 3.05) is 0 Å². The van der Waals surface area contributed by atoms with E-state index in [0.29, 0.717) is 0 Å². The maximum atomic E-state index is 5.05. The third-order valence-electron chi connectivity index (χ3n) is 7.06. The lowest BCUT2D eigenvalue weighted by Crippen LogP contribution is -1.95. The topological polar surface area (TPSA) is 22.2 Å². The molecule has 0 atom stereocenters. The summed E-state index contributed by atoms with van der Waals surface area (Å²) >= 11 is 0. The molecule has 3 heterocycles. The number of rotatable bonds is 1. The highest BCUT2D eigenvalue weighted by molar-refractivity contribution is 6.20. The van der Waals surface area contributed by atoms with Crippen molar-refractivity contribution >= 4 is 60.2 Å². The van der Waals surface area contributed by atoms with Gasteiger partial charge in [-0.1, -0.05) is 72.8 Å². The van der Waals surface area contributed by atoms with E-state index in [0.717, 1.165) is 16.7 Å².